The summed E-state index contributed by atoms with van der Waals surface area (Å²) in [5, 5.41) is 0. The molecule has 2 aliphatic carbocycles. The summed E-state index contributed by atoms with van der Waals surface area (Å²) in [6.07, 6.45) is 12.7. The first kappa shape index (κ1) is 7.45. The summed E-state index contributed by atoms with van der Waals surface area (Å²) in [6, 6.07) is 0. The van der Waals surface area contributed by atoms with E-state index in [-0.39, 0.29) is 0 Å². The maximum Gasteiger partial charge on any atom is 0.106 e. The Balaban J connectivity index is 2.11. The van der Waals surface area contributed by atoms with Gasteiger partial charge in [-0.05, 0) is 31.1 Å². The quantitative estimate of drug-likeness (QED) is 0.395. The van der Waals surface area contributed by atoms with Gasteiger partial charge in [0.25, 0.3) is 0 Å². The molecule has 2 aliphatic rings. The van der Waals surface area contributed by atoms with Crippen molar-refractivity contribution in [2.24, 2.45) is 5.41 Å². The standard InChI is InChI=1S/C10H17B/c11-8-9-3-6-10(7-9)4-1-2-5-10/h7H,1-6,8,11H2. The van der Waals surface area contributed by atoms with E-state index in [0.29, 0.717) is 5.41 Å². The van der Waals surface area contributed by atoms with Gasteiger partial charge in [-0.15, -0.1) is 0 Å². The van der Waals surface area contributed by atoms with E-state index in [0.717, 1.165) is 0 Å². The summed E-state index contributed by atoms with van der Waals surface area (Å²) in [4.78, 5) is 0. The highest BCUT2D eigenvalue weighted by atomic mass is 14.4. The SMILES string of the molecule is BCC1=CC2(CCCC2)CC1. The van der Waals surface area contributed by atoms with Gasteiger partial charge in [0.1, 0.15) is 7.85 Å². The molecule has 0 amide bonds. The Hall–Kier alpha value is -0.195. The van der Waals surface area contributed by atoms with Crippen molar-refractivity contribution in [1.29, 1.82) is 0 Å². The van der Waals surface area contributed by atoms with Crippen molar-refractivity contribution in [2.75, 3.05) is 0 Å². The van der Waals surface area contributed by atoms with Gasteiger partial charge in [0.15, 0.2) is 0 Å². The van der Waals surface area contributed by atoms with Crippen LogP contribution in [0.2, 0.25) is 6.32 Å². The third kappa shape index (κ3) is 1.26. The molecule has 0 unspecified atom stereocenters. The van der Waals surface area contributed by atoms with Crippen molar-refractivity contribution in [1.82, 2.24) is 0 Å². The highest BCUT2D eigenvalue weighted by Gasteiger charge is 2.34. The number of allylic oxidation sites excluding steroid dienone is 2. The topological polar surface area (TPSA) is 0 Å². The van der Waals surface area contributed by atoms with Gasteiger partial charge >= 0.3 is 0 Å². The normalized spacial score (nSPS) is 27.8. The van der Waals surface area contributed by atoms with E-state index in [1.165, 1.54) is 44.8 Å². The fraction of sp³-hybridized carbons (Fsp3) is 0.800. The van der Waals surface area contributed by atoms with Gasteiger partial charge in [-0.1, -0.05) is 30.8 Å². The molecule has 60 valence electrons. The lowest BCUT2D eigenvalue weighted by Gasteiger charge is -2.18. The highest BCUT2D eigenvalue weighted by Crippen LogP contribution is 2.49. The summed E-state index contributed by atoms with van der Waals surface area (Å²) < 4.78 is 0. The molecule has 11 heavy (non-hydrogen) atoms. The maximum atomic E-state index is 2.61. The Labute approximate surface area is 70.5 Å². The molecule has 0 nitrogen and oxygen atoms in total. The molecule has 1 saturated carbocycles. The van der Waals surface area contributed by atoms with Crippen LogP contribution in [0.15, 0.2) is 11.6 Å². The van der Waals surface area contributed by atoms with Crippen LogP contribution in [-0.4, -0.2) is 7.85 Å². The van der Waals surface area contributed by atoms with Crippen LogP contribution in [0.5, 0.6) is 0 Å². The summed E-state index contributed by atoms with van der Waals surface area (Å²) in [6.45, 7) is 0. The van der Waals surface area contributed by atoms with E-state index < -0.39 is 0 Å². The fourth-order valence-corrected chi connectivity index (χ4v) is 2.74. The van der Waals surface area contributed by atoms with Crippen LogP contribution in [0.1, 0.15) is 38.5 Å². The minimum Gasteiger partial charge on any atom is -0.0815 e. The molecule has 0 radical (unpaired) electrons. The van der Waals surface area contributed by atoms with Crippen molar-refractivity contribution in [3.8, 4) is 0 Å². The van der Waals surface area contributed by atoms with Crippen molar-refractivity contribution < 1.29 is 0 Å². The lowest BCUT2D eigenvalue weighted by Crippen LogP contribution is -2.07. The lowest BCUT2D eigenvalue weighted by molar-refractivity contribution is 0.389. The van der Waals surface area contributed by atoms with Crippen LogP contribution in [0, 0.1) is 5.41 Å². The summed E-state index contributed by atoms with van der Waals surface area (Å²) in [5.74, 6) is 0. The van der Waals surface area contributed by atoms with Gasteiger partial charge < -0.3 is 0 Å². The van der Waals surface area contributed by atoms with Gasteiger partial charge in [-0.3, -0.25) is 0 Å². The van der Waals surface area contributed by atoms with Gasteiger partial charge in [-0.25, -0.2) is 0 Å². The van der Waals surface area contributed by atoms with Crippen LogP contribution in [0.4, 0.5) is 0 Å². The first-order chi connectivity index (χ1) is 5.35. The lowest BCUT2D eigenvalue weighted by atomic mass is 9.86. The molecule has 0 saturated heterocycles. The molecular formula is C10H17B. The number of hydrogen-bond acceptors (Lipinski definition) is 0. The third-order valence-electron chi connectivity index (χ3n) is 3.51. The summed E-state index contributed by atoms with van der Waals surface area (Å²) >= 11 is 0. The van der Waals surface area contributed by atoms with Gasteiger partial charge in [-0.2, -0.15) is 0 Å². The molecule has 1 fully saturated rings. The molecule has 2 rings (SSSR count). The maximum absolute atomic E-state index is 2.61. The first-order valence-corrected chi connectivity index (χ1v) is 5.05. The average Bonchev–Trinajstić information content (AvgIpc) is 2.62. The average molecular weight is 148 g/mol. The highest BCUT2D eigenvalue weighted by molar-refractivity contribution is 6.10. The van der Waals surface area contributed by atoms with Gasteiger partial charge in [0.05, 0.1) is 0 Å². The van der Waals surface area contributed by atoms with Crippen molar-refractivity contribution in [3.63, 3.8) is 0 Å². The Kier molecular flexibility index (Phi) is 1.82. The molecule has 1 heteroatoms. The second-order valence-corrected chi connectivity index (χ2v) is 4.23. The van der Waals surface area contributed by atoms with E-state index in [1.54, 1.807) is 5.57 Å². The zero-order chi connectivity index (χ0) is 7.73. The number of hydrogen-bond donors (Lipinski definition) is 0. The van der Waals surface area contributed by atoms with Crippen LogP contribution in [-0.2, 0) is 0 Å². The predicted octanol–water partition coefficient (Wildman–Crippen LogP) is 2.32. The van der Waals surface area contributed by atoms with Crippen LogP contribution in [0.25, 0.3) is 0 Å². The Morgan fingerprint density at radius 2 is 2.00 bits per heavy atom. The van der Waals surface area contributed by atoms with E-state index in [1.807, 2.05) is 0 Å². The smallest absolute Gasteiger partial charge is 0.0815 e. The molecule has 0 N–H and O–H groups in total. The second-order valence-electron chi connectivity index (χ2n) is 4.23. The molecule has 0 bridgehead atoms. The predicted molar refractivity (Wildman–Crippen MR) is 51.6 cm³/mol. The van der Waals surface area contributed by atoms with Gasteiger partial charge in [0, 0.05) is 0 Å². The van der Waals surface area contributed by atoms with E-state index in [4.69, 9.17) is 0 Å². The largest absolute Gasteiger partial charge is 0.106 e. The first-order valence-electron chi connectivity index (χ1n) is 5.05. The molecule has 0 atom stereocenters. The summed E-state index contributed by atoms with van der Waals surface area (Å²) in [7, 11) is 2.29. The van der Waals surface area contributed by atoms with Crippen LogP contribution >= 0.6 is 0 Å². The molecule has 0 heterocycles. The third-order valence-corrected chi connectivity index (χ3v) is 3.51. The Morgan fingerprint density at radius 1 is 1.27 bits per heavy atom. The van der Waals surface area contributed by atoms with Crippen molar-refractivity contribution in [3.05, 3.63) is 11.6 Å². The minimum atomic E-state index is 0.700. The molecule has 0 aromatic carbocycles. The monoisotopic (exact) mass is 148 g/mol. The van der Waals surface area contributed by atoms with Crippen molar-refractivity contribution in [2.45, 2.75) is 44.8 Å². The van der Waals surface area contributed by atoms with Gasteiger partial charge in [0.2, 0.25) is 0 Å². The zero-order valence-corrected chi connectivity index (χ0v) is 7.53. The molecule has 0 aromatic heterocycles. The number of rotatable bonds is 1. The Morgan fingerprint density at radius 3 is 2.55 bits per heavy atom. The van der Waals surface area contributed by atoms with Crippen LogP contribution < -0.4 is 0 Å². The molecular weight excluding hydrogens is 131 g/mol. The van der Waals surface area contributed by atoms with Crippen molar-refractivity contribution >= 4 is 7.85 Å². The van der Waals surface area contributed by atoms with Crippen LogP contribution in [0.3, 0.4) is 0 Å². The zero-order valence-electron chi connectivity index (χ0n) is 7.53. The molecule has 0 aliphatic heterocycles. The summed E-state index contributed by atoms with van der Waals surface area (Å²) in [5.41, 5.74) is 2.43. The molecule has 1 spiro atoms. The second kappa shape index (κ2) is 2.69. The van der Waals surface area contributed by atoms with E-state index in [2.05, 4.69) is 13.9 Å². The molecule has 0 aromatic rings. The van der Waals surface area contributed by atoms with E-state index in [9.17, 15) is 0 Å². The van der Waals surface area contributed by atoms with E-state index >= 15 is 0 Å². The fourth-order valence-electron chi connectivity index (χ4n) is 2.74. The Bertz CT molecular complexity index is 175. The minimum absolute atomic E-state index is 0.700.